The number of halogens is 3. The molecular weight excluding hydrogens is 403 g/mol. The van der Waals surface area contributed by atoms with Gasteiger partial charge in [-0.15, -0.1) is 0 Å². The van der Waals surface area contributed by atoms with Crippen molar-refractivity contribution < 1.29 is 18.0 Å². The number of alkyl halides is 3. The minimum Gasteiger partial charge on any atom is -0.366 e. The third kappa shape index (κ3) is 3.99. The maximum absolute atomic E-state index is 13.4. The van der Waals surface area contributed by atoms with Gasteiger partial charge < -0.3 is 5.73 Å². The molecule has 2 heterocycles. The van der Waals surface area contributed by atoms with Crippen molar-refractivity contribution in [3.8, 4) is 11.1 Å². The number of primary amides is 1. The summed E-state index contributed by atoms with van der Waals surface area (Å²) in [6.07, 6.45) is -2.83. The van der Waals surface area contributed by atoms with Gasteiger partial charge in [0.05, 0.1) is 16.8 Å². The number of amides is 1. The summed E-state index contributed by atoms with van der Waals surface area (Å²) >= 11 is 0. The molecule has 4 nitrogen and oxygen atoms in total. The van der Waals surface area contributed by atoms with Gasteiger partial charge in [-0.05, 0) is 41.0 Å². The summed E-state index contributed by atoms with van der Waals surface area (Å²) in [5.41, 5.74) is 7.50. The molecule has 4 aromatic rings. The van der Waals surface area contributed by atoms with E-state index in [1.165, 1.54) is 12.1 Å². The first-order valence-corrected chi connectivity index (χ1v) is 9.57. The van der Waals surface area contributed by atoms with Crippen LogP contribution >= 0.6 is 0 Å². The van der Waals surface area contributed by atoms with Gasteiger partial charge >= 0.3 is 6.18 Å². The summed E-state index contributed by atoms with van der Waals surface area (Å²) in [4.78, 5) is 20.8. The molecule has 4 rings (SSSR count). The average Bonchev–Trinajstić information content (AvgIpc) is 2.77. The molecule has 0 saturated heterocycles. The van der Waals surface area contributed by atoms with Crippen LogP contribution in [0.3, 0.4) is 0 Å². The van der Waals surface area contributed by atoms with Gasteiger partial charge in [-0.3, -0.25) is 4.79 Å². The number of benzene rings is 2. The highest BCUT2D eigenvalue weighted by molar-refractivity contribution is 5.97. The Morgan fingerprint density at radius 3 is 2.39 bits per heavy atom. The van der Waals surface area contributed by atoms with Crippen LogP contribution in [0.2, 0.25) is 0 Å². The summed E-state index contributed by atoms with van der Waals surface area (Å²) in [7, 11) is 0. The first-order valence-electron chi connectivity index (χ1n) is 9.57. The number of carbonyl (C=O) groups is 1. The van der Waals surface area contributed by atoms with Crippen LogP contribution in [0.1, 0.15) is 40.0 Å². The normalized spacial score (nSPS) is 12.6. The van der Waals surface area contributed by atoms with Crippen molar-refractivity contribution in [2.24, 2.45) is 5.73 Å². The Kier molecular flexibility index (Phi) is 5.19. The predicted molar refractivity (Wildman–Crippen MR) is 112 cm³/mol. The average molecular weight is 421 g/mol. The molecule has 2 aromatic heterocycles. The Balaban J connectivity index is 1.74. The molecule has 2 aromatic carbocycles. The Morgan fingerprint density at radius 1 is 1.00 bits per heavy atom. The number of aromatic nitrogens is 2. The molecule has 0 aliphatic heterocycles. The predicted octanol–water partition coefficient (Wildman–Crippen LogP) is 5.57. The summed E-state index contributed by atoms with van der Waals surface area (Å²) in [6.45, 7) is 1.86. The molecule has 7 heteroatoms. The SMILES string of the molecule is CC(c1ccc(-c2ccccc2C(F)(F)F)cc1)c1nc2ncccc2cc1C(N)=O. The van der Waals surface area contributed by atoms with Crippen LogP contribution in [0.15, 0.2) is 72.9 Å². The van der Waals surface area contributed by atoms with E-state index in [2.05, 4.69) is 9.97 Å². The van der Waals surface area contributed by atoms with Crippen molar-refractivity contribution in [2.45, 2.75) is 19.0 Å². The highest BCUT2D eigenvalue weighted by atomic mass is 19.4. The lowest BCUT2D eigenvalue weighted by molar-refractivity contribution is -0.137. The number of hydrogen-bond donors (Lipinski definition) is 1. The number of rotatable bonds is 4. The monoisotopic (exact) mass is 421 g/mol. The lowest BCUT2D eigenvalue weighted by Gasteiger charge is -2.17. The quantitative estimate of drug-likeness (QED) is 0.469. The summed E-state index contributed by atoms with van der Waals surface area (Å²) in [5, 5.41) is 0.700. The van der Waals surface area contributed by atoms with E-state index in [0.717, 1.165) is 11.6 Å². The molecule has 1 atom stereocenters. The molecule has 0 saturated carbocycles. The highest BCUT2D eigenvalue weighted by Crippen LogP contribution is 2.37. The van der Waals surface area contributed by atoms with Gasteiger partial charge in [-0.2, -0.15) is 13.2 Å². The smallest absolute Gasteiger partial charge is 0.366 e. The Morgan fingerprint density at radius 2 is 1.71 bits per heavy atom. The molecule has 0 spiro atoms. The second-order valence-electron chi connectivity index (χ2n) is 7.22. The fraction of sp³-hybridized carbons (Fsp3) is 0.125. The maximum atomic E-state index is 13.4. The number of nitrogens with two attached hydrogens (primary N) is 1. The molecule has 1 unspecified atom stereocenters. The second kappa shape index (κ2) is 7.83. The molecule has 156 valence electrons. The summed E-state index contributed by atoms with van der Waals surface area (Å²) in [6, 6.07) is 17.4. The zero-order chi connectivity index (χ0) is 22.2. The van der Waals surface area contributed by atoms with Crippen molar-refractivity contribution in [1.29, 1.82) is 0 Å². The number of fused-ring (bicyclic) bond motifs is 1. The minimum absolute atomic E-state index is 0.111. The third-order valence-electron chi connectivity index (χ3n) is 5.25. The fourth-order valence-electron chi connectivity index (χ4n) is 3.64. The van der Waals surface area contributed by atoms with Gasteiger partial charge in [0, 0.05) is 17.5 Å². The molecule has 0 fully saturated rings. The minimum atomic E-state index is -4.44. The number of pyridine rings is 2. The Labute approximate surface area is 176 Å². The molecule has 0 aliphatic rings. The zero-order valence-corrected chi connectivity index (χ0v) is 16.5. The number of nitrogens with zero attached hydrogens (tertiary/aromatic N) is 2. The standard InChI is InChI=1S/C24H18F3N3O/c1-14(21-19(22(28)31)13-17-5-4-12-29-23(17)30-21)15-8-10-16(11-9-15)18-6-2-3-7-20(18)24(25,26)27/h2-14H,1H3,(H2,28,31). The van der Waals surface area contributed by atoms with Crippen molar-refractivity contribution in [1.82, 2.24) is 9.97 Å². The van der Waals surface area contributed by atoms with Crippen LogP contribution < -0.4 is 5.73 Å². The summed E-state index contributed by atoms with van der Waals surface area (Å²) in [5.74, 6) is -0.920. The van der Waals surface area contributed by atoms with E-state index in [1.54, 1.807) is 54.7 Å². The largest absolute Gasteiger partial charge is 0.417 e. The third-order valence-corrected chi connectivity index (χ3v) is 5.25. The molecule has 0 bridgehead atoms. The molecule has 31 heavy (non-hydrogen) atoms. The van der Waals surface area contributed by atoms with Crippen molar-refractivity contribution >= 4 is 16.9 Å². The molecular formula is C24H18F3N3O. The Hall–Kier alpha value is -3.74. The van der Waals surface area contributed by atoms with Gasteiger partial charge in [0.15, 0.2) is 5.65 Å². The van der Waals surface area contributed by atoms with E-state index in [9.17, 15) is 18.0 Å². The van der Waals surface area contributed by atoms with Crippen molar-refractivity contribution in [3.63, 3.8) is 0 Å². The van der Waals surface area contributed by atoms with Gasteiger partial charge in [-0.1, -0.05) is 49.4 Å². The van der Waals surface area contributed by atoms with E-state index in [1.807, 2.05) is 6.92 Å². The van der Waals surface area contributed by atoms with Crippen LogP contribution in [0.4, 0.5) is 13.2 Å². The van der Waals surface area contributed by atoms with Crippen molar-refractivity contribution in [2.75, 3.05) is 0 Å². The van der Waals surface area contributed by atoms with Crippen LogP contribution in [0.5, 0.6) is 0 Å². The molecule has 1 amide bonds. The Bertz CT molecular complexity index is 1270. The lowest BCUT2D eigenvalue weighted by atomic mass is 9.91. The fourth-order valence-corrected chi connectivity index (χ4v) is 3.64. The summed E-state index contributed by atoms with van der Waals surface area (Å²) < 4.78 is 40.1. The first-order chi connectivity index (χ1) is 14.8. The van der Waals surface area contributed by atoms with Crippen molar-refractivity contribution in [3.05, 3.63) is 95.3 Å². The van der Waals surface area contributed by atoms with E-state index in [4.69, 9.17) is 5.73 Å². The van der Waals surface area contributed by atoms with Crippen LogP contribution in [-0.4, -0.2) is 15.9 Å². The molecule has 0 radical (unpaired) electrons. The highest BCUT2D eigenvalue weighted by Gasteiger charge is 2.33. The van der Waals surface area contributed by atoms with E-state index < -0.39 is 17.6 Å². The van der Waals surface area contributed by atoms with E-state index >= 15 is 0 Å². The van der Waals surface area contributed by atoms with E-state index in [-0.39, 0.29) is 11.5 Å². The maximum Gasteiger partial charge on any atom is 0.417 e. The number of hydrogen-bond acceptors (Lipinski definition) is 3. The molecule has 2 N–H and O–H groups in total. The van der Waals surface area contributed by atoms with Crippen LogP contribution in [-0.2, 0) is 6.18 Å². The van der Waals surface area contributed by atoms with Gasteiger partial charge in [-0.25, -0.2) is 9.97 Å². The number of carbonyl (C=O) groups excluding carboxylic acids is 1. The van der Waals surface area contributed by atoms with Gasteiger partial charge in [0.2, 0.25) is 0 Å². The van der Waals surface area contributed by atoms with Gasteiger partial charge in [0.1, 0.15) is 0 Å². The van der Waals surface area contributed by atoms with E-state index in [0.29, 0.717) is 27.9 Å². The first kappa shape index (κ1) is 20.5. The zero-order valence-electron chi connectivity index (χ0n) is 16.5. The molecule has 0 aliphatic carbocycles. The lowest BCUT2D eigenvalue weighted by Crippen LogP contribution is -2.17. The van der Waals surface area contributed by atoms with Gasteiger partial charge in [0.25, 0.3) is 5.91 Å². The second-order valence-corrected chi connectivity index (χ2v) is 7.22. The van der Waals surface area contributed by atoms with Crippen LogP contribution in [0.25, 0.3) is 22.2 Å². The van der Waals surface area contributed by atoms with Crippen LogP contribution in [0, 0.1) is 0 Å². The topological polar surface area (TPSA) is 68.9 Å².